The molecule has 0 radical (unpaired) electrons. The number of nitrogens with two attached hydrogens (primary N) is 1. The van der Waals surface area contributed by atoms with Gasteiger partial charge in [0.25, 0.3) is 5.91 Å². The van der Waals surface area contributed by atoms with Crippen LogP contribution in [0.1, 0.15) is 17.3 Å². The molecule has 1 aromatic carbocycles. The topological polar surface area (TPSA) is 98.5 Å². The first-order valence-corrected chi connectivity index (χ1v) is 6.05. The lowest BCUT2D eigenvalue weighted by Gasteiger charge is -2.11. The minimum atomic E-state index is -1.09. The molecule has 1 atom stereocenters. The fourth-order valence-electron chi connectivity index (χ4n) is 1.09. The van der Waals surface area contributed by atoms with Gasteiger partial charge < -0.3 is 10.5 Å². The van der Waals surface area contributed by atoms with Crippen molar-refractivity contribution in [2.24, 2.45) is 5.73 Å². The van der Waals surface area contributed by atoms with Crippen molar-refractivity contribution in [3.8, 4) is 0 Å². The van der Waals surface area contributed by atoms with Gasteiger partial charge in [-0.05, 0) is 53.8 Å². The van der Waals surface area contributed by atoms with Crippen LogP contribution in [0.25, 0.3) is 0 Å². The third-order valence-corrected chi connectivity index (χ3v) is 2.70. The molecule has 7 heteroatoms. The van der Waals surface area contributed by atoms with Crippen molar-refractivity contribution in [1.29, 1.82) is 0 Å². The summed E-state index contributed by atoms with van der Waals surface area (Å²) in [4.78, 5) is 33.4. The van der Waals surface area contributed by atoms with E-state index in [4.69, 9.17) is 10.5 Å². The van der Waals surface area contributed by atoms with Crippen molar-refractivity contribution >= 4 is 40.5 Å². The van der Waals surface area contributed by atoms with Gasteiger partial charge in [-0.2, -0.15) is 0 Å². The van der Waals surface area contributed by atoms with Gasteiger partial charge in [0.1, 0.15) is 0 Å². The Balaban J connectivity index is 2.62. The zero-order valence-corrected chi connectivity index (χ0v) is 11.6. The third-order valence-electron chi connectivity index (χ3n) is 1.98. The normalized spacial score (nSPS) is 11.4. The summed E-state index contributed by atoms with van der Waals surface area (Å²) in [6.45, 7) is 1.35. The van der Waals surface area contributed by atoms with E-state index in [1.54, 1.807) is 24.3 Å². The van der Waals surface area contributed by atoms with Gasteiger partial charge in [0.2, 0.25) is 0 Å². The van der Waals surface area contributed by atoms with Crippen LogP contribution in [0.15, 0.2) is 24.3 Å². The minimum Gasteiger partial charge on any atom is -0.449 e. The number of urea groups is 1. The van der Waals surface area contributed by atoms with Gasteiger partial charge in [-0.3, -0.25) is 10.1 Å². The lowest BCUT2D eigenvalue weighted by atomic mass is 10.2. The quantitative estimate of drug-likeness (QED) is 0.620. The Morgan fingerprint density at radius 2 is 1.83 bits per heavy atom. The van der Waals surface area contributed by atoms with Crippen LogP contribution in [0.5, 0.6) is 0 Å². The predicted molar refractivity (Wildman–Crippen MR) is 71.8 cm³/mol. The Hall–Kier alpha value is -1.64. The highest BCUT2D eigenvalue weighted by Gasteiger charge is 2.19. The number of amides is 3. The number of imide groups is 1. The largest absolute Gasteiger partial charge is 0.449 e. The van der Waals surface area contributed by atoms with E-state index in [0.29, 0.717) is 5.56 Å². The molecule has 0 heterocycles. The van der Waals surface area contributed by atoms with Gasteiger partial charge in [0, 0.05) is 3.57 Å². The van der Waals surface area contributed by atoms with Crippen molar-refractivity contribution in [1.82, 2.24) is 5.32 Å². The molecular weight excluding hydrogens is 351 g/mol. The van der Waals surface area contributed by atoms with E-state index in [1.807, 2.05) is 5.32 Å². The maximum absolute atomic E-state index is 11.6. The van der Waals surface area contributed by atoms with E-state index < -0.39 is 24.0 Å². The molecule has 0 aliphatic carbocycles. The van der Waals surface area contributed by atoms with Crippen LogP contribution in [0.2, 0.25) is 0 Å². The Morgan fingerprint density at radius 3 is 2.33 bits per heavy atom. The lowest BCUT2D eigenvalue weighted by molar-refractivity contribution is -0.127. The van der Waals surface area contributed by atoms with Crippen LogP contribution in [0.3, 0.4) is 0 Å². The highest BCUT2D eigenvalue weighted by atomic mass is 127. The Bertz CT molecular complexity index is 472. The summed E-state index contributed by atoms with van der Waals surface area (Å²) in [5.41, 5.74) is 5.11. The number of benzene rings is 1. The molecule has 0 bridgehead atoms. The Morgan fingerprint density at radius 1 is 1.28 bits per heavy atom. The molecular formula is C11H11IN2O4. The molecule has 96 valence electrons. The van der Waals surface area contributed by atoms with Crippen molar-refractivity contribution in [2.75, 3.05) is 0 Å². The fraction of sp³-hybridized carbons (Fsp3) is 0.182. The lowest BCUT2D eigenvalue weighted by Crippen LogP contribution is -2.42. The van der Waals surface area contributed by atoms with Crippen LogP contribution in [-0.4, -0.2) is 24.0 Å². The molecule has 0 fully saturated rings. The average molecular weight is 362 g/mol. The molecule has 0 spiro atoms. The fourth-order valence-corrected chi connectivity index (χ4v) is 1.45. The molecule has 1 aromatic rings. The number of nitrogens with one attached hydrogen (secondary N) is 1. The first-order chi connectivity index (χ1) is 8.40. The van der Waals surface area contributed by atoms with Gasteiger partial charge in [-0.15, -0.1) is 0 Å². The summed E-state index contributed by atoms with van der Waals surface area (Å²) >= 11 is 2.10. The zero-order valence-electron chi connectivity index (χ0n) is 9.48. The van der Waals surface area contributed by atoms with E-state index >= 15 is 0 Å². The molecule has 0 aromatic heterocycles. The minimum absolute atomic E-state index is 0.328. The second kappa shape index (κ2) is 6.34. The molecule has 1 unspecified atom stereocenters. The first-order valence-electron chi connectivity index (χ1n) is 4.97. The summed E-state index contributed by atoms with van der Waals surface area (Å²) < 4.78 is 5.85. The molecule has 0 aliphatic heterocycles. The van der Waals surface area contributed by atoms with E-state index in [0.717, 1.165) is 3.57 Å². The summed E-state index contributed by atoms with van der Waals surface area (Å²) in [6, 6.07) is 5.67. The maximum Gasteiger partial charge on any atom is 0.338 e. The number of ether oxygens (including phenoxy) is 1. The maximum atomic E-state index is 11.6. The molecule has 0 saturated carbocycles. The SMILES string of the molecule is CC(OC(=O)c1ccc(I)cc1)C(=O)NC(N)=O. The number of hydrogen-bond donors (Lipinski definition) is 2. The molecule has 18 heavy (non-hydrogen) atoms. The van der Waals surface area contributed by atoms with E-state index in [-0.39, 0.29) is 0 Å². The molecule has 1 rings (SSSR count). The highest BCUT2D eigenvalue weighted by molar-refractivity contribution is 14.1. The molecule has 3 amide bonds. The average Bonchev–Trinajstić information content (AvgIpc) is 2.28. The number of carbonyl (C=O) groups is 3. The number of halogens is 1. The number of rotatable bonds is 3. The predicted octanol–water partition coefficient (Wildman–Crippen LogP) is 1.03. The van der Waals surface area contributed by atoms with Crippen molar-refractivity contribution in [3.05, 3.63) is 33.4 Å². The van der Waals surface area contributed by atoms with Crippen molar-refractivity contribution in [3.63, 3.8) is 0 Å². The van der Waals surface area contributed by atoms with Crippen LogP contribution >= 0.6 is 22.6 Å². The molecule has 3 N–H and O–H groups in total. The second-order valence-electron chi connectivity index (χ2n) is 3.41. The third kappa shape index (κ3) is 4.32. The van der Waals surface area contributed by atoms with Crippen LogP contribution < -0.4 is 11.1 Å². The Labute approximate surface area is 117 Å². The smallest absolute Gasteiger partial charge is 0.338 e. The van der Waals surface area contributed by atoms with Crippen LogP contribution in [0.4, 0.5) is 4.79 Å². The highest BCUT2D eigenvalue weighted by Crippen LogP contribution is 2.09. The number of carbonyl (C=O) groups excluding carboxylic acids is 3. The number of primary amides is 1. The number of hydrogen-bond acceptors (Lipinski definition) is 4. The second-order valence-corrected chi connectivity index (χ2v) is 4.65. The first kappa shape index (κ1) is 14.4. The van der Waals surface area contributed by atoms with Crippen LogP contribution in [-0.2, 0) is 9.53 Å². The van der Waals surface area contributed by atoms with Gasteiger partial charge in [0.15, 0.2) is 6.10 Å². The van der Waals surface area contributed by atoms with Gasteiger partial charge in [-0.1, -0.05) is 0 Å². The zero-order chi connectivity index (χ0) is 13.7. The summed E-state index contributed by atoms with van der Waals surface area (Å²) in [5.74, 6) is -1.40. The van der Waals surface area contributed by atoms with E-state index in [2.05, 4.69) is 22.6 Å². The van der Waals surface area contributed by atoms with Gasteiger partial charge in [0.05, 0.1) is 5.56 Å². The Kier molecular flexibility index (Phi) is 5.08. The standard InChI is InChI=1S/C11H11IN2O4/c1-6(9(15)14-11(13)17)18-10(16)7-2-4-8(12)5-3-7/h2-6H,1H3,(H3,13,14,15,17). The van der Waals surface area contributed by atoms with Crippen molar-refractivity contribution in [2.45, 2.75) is 13.0 Å². The summed E-state index contributed by atoms with van der Waals surface area (Å²) in [6.07, 6.45) is -1.09. The summed E-state index contributed by atoms with van der Waals surface area (Å²) in [7, 11) is 0. The molecule has 6 nitrogen and oxygen atoms in total. The summed E-state index contributed by atoms with van der Waals surface area (Å²) in [5, 5.41) is 1.83. The van der Waals surface area contributed by atoms with Crippen molar-refractivity contribution < 1.29 is 19.1 Å². The van der Waals surface area contributed by atoms with Gasteiger partial charge in [-0.25, -0.2) is 9.59 Å². The van der Waals surface area contributed by atoms with E-state index in [9.17, 15) is 14.4 Å². The van der Waals surface area contributed by atoms with E-state index in [1.165, 1.54) is 6.92 Å². The van der Waals surface area contributed by atoms with Gasteiger partial charge >= 0.3 is 12.0 Å². The molecule has 0 saturated heterocycles. The number of esters is 1. The molecule has 0 aliphatic rings. The van der Waals surface area contributed by atoms with Crippen LogP contribution in [0, 0.1) is 3.57 Å². The monoisotopic (exact) mass is 362 g/mol.